The van der Waals surface area contributed by atoms with Crippen molar-refractivity contribution in [3.63, 3.8) is 0 Å². The minimum Gasteiger partial charge on any atom is -0.462 e. The van der Waals surface area contributed by atoms with Crippen LogP contribution in [0.1, 0.15) is 23.6 Å². The molecule has 3 rings (SSSR count). The van der Waals surface area contributed by atoms with E-state index in [0.717, 1.165) is 23.4 Å². The largest absolute Gasteiger partial charge is 0.462 e. The summed E-state index contributed by atoms with van der Waals surface area (Å²) in [4.78, 5) is 11.8. The van der Waals surface area contributed by atoms with Crippen LogP contribution in [0.15, 0.2) is 43.0 Å². The van der Waals surface area contributed by atoms with E-state index in [2.05, 4.69) is 18.7 Å². The van der Waals surface area contributed by atoms with Crippen molar-refractivity contribution in [3.8, 4) is 11.1 Å². The number of rotatable bonds is 3. The average molecular weight is 313 g/mol. The lowest BCUT2D eigenvalue weighted by Crippen LogP contribution is -2.08. The number of carbonyl (C=O) groups is 1. The maximum Gasteiger partial charge on any atom is 0.338 e. The number of hydrogen-bond donors (Lipinski definition) is 0. The van der Waals surface area contributed by atoms with E-state index in [1.54, 1.807) is 6.92 Å². The molecule has 3 heteroatoms. The van der Waals surface area contributed by atoms with Crippen molar-refractivity contribution in [2.75, 3.05) is 6.61 Å². The van der Waals surface area contributed by atoms with E-state index >= 15 is 0 Å². The van der Waals surface area contributed by atoms with Gasteiger partial charge in [0.25, 0.3) is 0 Å². The van der Waals surface area contributed by atoms with Crippen molar-refractivity contribution in [3.05, 3.63) is 64.7 Å². The molecule has 2 aromatic carbocycles. The summed E-state index contributed by atoms with van der Waals surface area (Å²) in [5.74, 6) is -0.356. The lowest BCUT2D eigenvalue weighted by Gasteiger charge is -2.21. The first-order valence-corrected chi connectivity index (χ1v) is 7.76. The first-order valence-electron chi connectivity index (χ1n) is 7.38. The number of carbonyl (C=O) groups excluding carboxylic acids is 1. The highest BCUT2D eigenvalue weighted by Gasteiger charge is 2.18. The smallest absolute Gasteiger partial charge is 0.338 e. The van der Waals surface area contributed by atoms with Gasteiger partial charge in [0.05, 0.1) is 12.2 Å². The van der Waals surface area contributed by atoms with Crippen LogP contribution in [-0.2, 0) is 22.4 Å². The molecule has 1 aliphatic carbocycles. The van der Waals surface area contributed by atoms with Crippen molar-refractivity contribution in [1.29, 1.82) is 0 Å². The number of hydrogen-bond acceptors (Lipinski definition) is 2. The van der Waals surface area contributed by atoms with Crippen LogP contribution >= 0.6 is 11.6 Å². The number of ether oxygens (including phenoxy) is 1. The molecular formula is C19H17ClO2. The van der Waals surface area contributed by atoms with Gasteiger partial charge in [0.1, 0.15) is 0 Å². The molecule has 0 bridgehead atoms. The molecule has 0 amide bonds. The van der Waals surface area contributed by atoms with E-state index in [-0.39, 0.29) is 5.97 Å². The predicted molar refractivity (Wildman–Crippen MR) is 90.0 cm³/mol. The van der Waals surface area contributed by atoms with E-state index in [1.807, 2.05) is 24.3 Å². The third kappa shape index (κ3) is 2.67. The lowest BCUT2D eigenvalue weighted by molar-refractivity contribution is -0.136. The van der Waals surface area contributed by atoms with E-state index in [1.165, 1.54) is 22.3 Å². The molecular weight excluding hydrogens is 296 g/mol. The number of benzene rings is 2. The van der Waals surface area contributed by atoms with Crippen LogP contribution in [0.5, 0.6) is 0 Å². The van der Waals surface area contributed by atoms with Gasteiger partial charge in [0.15, 0.2) is 0 Å². The molecule has 2 aromatic rings. The summed E-state index contributed by atoms with van der Waals surface area (Å²) in [7, 11) is 0. The van der Waals surface area contributed by atoms with Crippen molar-refractivity contribution in [1.82, 2.24) is 0 Å². The van der Waals surface area contributed by atoms with Gasteiger partial charge in [0.2, 0.25) is 0 Å². The van der Waals surface area contributed by atoms with Gasteiger partial charge in [-0.3, -0.25) is 0 Å². The fourth-order valence-electron chi connectivity index (χ4n) is 2.89. The molecule has 0 atom stereocenters. The van der Waals surface area contributed by atoms with E-state index in [0.29, 0.717) is 12.2 Å². The van der Waals surface area contributed by atoms with Gasteiger partial charge in [-0.05, 0) is 59.7 Å². The van der Waals surface area contributed by atoms with Gasteiger partial charge in [-0.2, -0.15) is 0 Å². The molecule has 0 aliphatic heterocycles. The third-order valence-electron chi connectivity index (χ3n) is 4.00. The number of halogens is 1. The Morgan fingerprint density at radius 3 is 2.45 bits per heavy atom. The Kier molecular flexibility index (Phi) is 4.04. The van der Waals surface area contributed by atoms with Gasteiger partial charge in [0, 0.05) is 5.02 Å². The molecule has 0 saturated heterocycles. The first kappa shape index (κ1) is 14.9. The van der Waals surface area contributed by atoms with E-state index in [4.69, 9.17) is 16.3 Å². The Hall–Kier alpha value is -2.06. The van der Waals surface area contributed by atoms with E-state index < -0.39 is 0 Å². The topological polar surface area (TPSA) is 26.3 Å². The summed E-state index contributed by atoms with van der Waals surface area (Å²) < 4.78 is 5.02. The lowest BCUT2D eigenvalue weighted by atomic mass is 9.84. The minimum absolute atomic E-state index is 0.356. The minimum atomic E-state index is -0.356. The van der Waals surface area contributed by atoms with Crippen LogP contribution in [0.3, 0.4) is 0 Å². The standard InChI is InChI=1S/C19H17ClO2/c1-3-22-19(21)12(2)13-6-8-17-14(10-13)4-5-15-11-16(20)7-9-18(15)17/h6-11H,2-5H2,1H3. The summed E-state index contributed by atoms with van der Waals surface area (Å²) in [5, 5.41) is 0.773. The number of aryl methyl sites for hydroxylation is 2. The van der Waals surface area contributed by atoms with Crippen LogP contribution in [0, 0.1) is 0 Å². The van der Waals surface area contributed by atoms with Crippen molar-refractivity contribution in [2.45, 2.75) is 19.8 Å². The molecule has 112 valence electrons. The maximum atomic E-state index is 11.8. The second-order valence-corrected chi connectivity index (χ2v) is 5.81. The highest BCUT2D eigenvalue weighted by atomic mass is 35.5. The second kappa shape index (κ2) is 5.98. The van der Waals surface area contributed by atoms with Crippen molar-refractivity contribution < 1.29 is 9.53 Å². The average Bonchev–Trinajstić information content (AvgIpc) is 2.53. The molecule has 0 N–H and O–H groups in total. The van der Waals surface area contributed by atoms with Crippen molar-refractivity contribution in [2.24, 2.45) is 0 Å². The van der Waals surface area contributed by atoms with Crippen LogP contribution in [-0.4, -0.2) is 12.6 Å². The fraction of sp³-hybridized carbons (Fsp3) is 0.211. The Balaban J connectivity index is 1.98. The van der Waals surface area contributed by atoms with Gasteiger partial charge in [-0.25, -0.2) is 4.79 Å². The monoisotopic (exact) mass is 312 g/mol. The molecule has 22 heavy (non-hydrogen) atoms. The molecule has 0 fully saturated rings. The zero-order valence-corrected chi connectivity index (χ0v) is 13.2. The van der Waals surface area contributed by atoms with Gasteiger partial charge in [-0.1, -0.05) is 42.4 Å². The quantitative estimate of drug-likeness (QED) is 0.607. The molecule has 0 heterocycles. The summed E-state index contributed by atoms with van der Waals surface area (Å²) >= 11 is 6.07. The number of esters is 1. The molecule has 0 unspecified atom stereocenters. The zero-order chi connectivity index (χ0) is 15.7. The highest BCUT2D eigenvalue weighted by Crippen LogP contribution is 2.36. The summed E-state index contributed by atoms with van der Waals surface area (Å²) in [6.45, 7) is 6.01. The van der Waals surface area contributed by atoms with Crippen LogP contribution in [0.2, 0.25) is 5.02 Å². The Labute approximate surface area is 135 Å². The third-order valence-corrected chi connectivity index (χ3v) is 4.23. The highest BCUT2D eigenvalue weighted by molar-refractivity contribution is 6.30. The Morgan fingerprint density at radius 1 is 1.14 bits per heavy atom. The second-order valence-electron chi connectivity index (χ2n) is 5.37. The van der Waals surface area contributed by atoms with E-state index in [9.17, 15) is 4.79 Å². The van der Waals surface area contributed by atoms with Crippen molar-refractivity contribution >= 4 is 23.1 Å². The Morgan fingerprint density at radius 2 is 1.77 bits per heavy atom. The zero-order valence-electron chi connectivity index (χ0n) is 12.5. The normalized spacial score (nSPS) is 12.3. The fourth-order valence-corrected chi connectivity index (χ4v) is 3.08. The molecule has 0 spiro atoms. The SMILES string of the molecule is C=C(C(=O)OCC)c1ccc2c(c1)CCc1cc(Cl)ccc1-2. The first-order chi connectivity index (χ1) is 10.6. The summed E-state index contributed by atoms with van der Waals surface area (Å²) in [6, 6.07) is 12.1. The summed E-state index contributed by atoms with van der Waals surface area (Å²) in [5.41, 5.74) is 6.17. The van der Waals surface area contributed by atoms with Gasteiger partial charge in [-0.15, -0.1) is 0 Å². The molecule has 2 nitrogen and oxygen atoms in total. The van der Waals surface area contributed by atoms with Gasteiger partial charge >= 0.3 is 5.97 Å². The van der Waals surface area contributed by atoms with Gasteiger partial charge < -0.3 is 4.74 Å². The number of fused-ring (bicyclic) bond motifs is 3. The molecule has 0 saturated carbocycles. The molecule has 0 radical (unpaired) electrons. The summed E-state index contributed by atoms with van der Waals surface area (Å²) in [6.07, 6.45) is 1.89. The van der Waals surface area contributed by atoms with Crippen LogP contribution in [0.4, 0.5) is 0 Å². The Bertz CT molecular complexity index is 762. The predicted octanol–water partition coefficient (Wildman–Crippen LogP) is 4.68. The molecule has 0 aromatic heterocycles. The molecule has 1 aliphatic rings. The maximum absolute atomic E-state index is 11.8. The van der Waals surface area contributed by atoms with Crippen LogP contribution < -0.4 is 0 Å². The van der Waals surface area contributed by atoms with Crippen LogP contribution in [0.25, 0.3) is 16.7 Å².